The Hall–Kier alpha value is -1.06. The monoisotopic (exact) mass is 262 g/mol. The minimum Gasteiger partial charge on any atom is -0.496 e. The molecule has 1 aliphatic rings. The molecular formula is C16H26N2O. The zero-order chi connectivity index (χ0) is 13.7. The number of nitrogens with zero attached hydrogens (tertiary/aromatic N) is 1. The van der Waals surface area contributed by atoms with Crippen LogP contribution in [0.4, 0.5) is 0 Å². The van der Waals surface area contributed by atoms with Crippen molar-refractivity contribution in [2.75, 3.05) is 33.8 Å². The quantitative estimate of drug-likeness (QED) is 0.851. The molecule has 3 nitrogen and oxygen atoms in total. The summed E-state index contributed by atoms with van der Waals surface area (Å²) in [5.74, 6) is 1.01. The molecule has 0 saturated carbocycles. The van der Waals surface area contributed by atoms with Crippen LogP contribution in [-0.4, -0.2) is 44.7 Å². The maximum atomic E-state index is 5.44. The summed E-state index contributed by atoms with van der Waals surface area (Å²) in [4.78, 5) is 2.42. The summed E-state index contributed by atoms with van der Waals surface area (Å²) in [6.07, 6.45) is 3.69. The normalized spacial score (nSPS) is 19.1. The number of likely N-dealkylation sites (N-methyl/N-ethyl adjacent to an activating group) is 1. The first-order chi connectivity index (χ1) is 9.19. The number of nitrogens with one attached hydrogen (secondary N) is 1. The number of rotatable bonds is 6. The van der Waals surface area contributed by atoms with E-state index < -0.39 is 0 Å². The minimum atomic E-state index is 0.685. The van der Waals surface area contributed by atoms with Gasteiger partial charge in [0, 0.05) is 19.1 Å². The minimum absolute atomic E-state index is 0.685. The molecule has 0 aliphatic carbocycles. The van der Waals surface area contributed by atoms with E-state index >= 15 is 0 Å². The van der Waals surface area contributed by atoms with E-state index in [0.717, 1.165) is 25.3 Å². The standard InChI is InChI=1S/C16H26N2O/c1-13-6-7-16(19-3)14(11-13)8-10-18(2)12-15-5-4-9-17-15/h6-7,11,15,17H,4-5,8-10,12H2,1-3H3. The molecule has 3 heteroatoms. The SMILES string of the molecule is COc1ccc(C)cc1CCN(C)CC1CCCN1. The van der Waals surface area contributed by atoms with E-state index in [2.05, 4.69) is 42.4 Å². The fraction of sp³-hybridized carbons (Fsp3) is 0.625. The van der Waals surface area contributed by atoms with Gasteiger partial charge in [-0.05, 0) is 51.4 Å². The molecule has 1 atom stereocenters. The van der Waals surface area contributed by atoms with Crippen LogP contribution in [0.2, 0.25) is 0 Å². The lowest BCUT2D eigenvalue weighted by Crippen LogP contribution is -2.36. The van der Waals surface area contributed by atoms with E-state index in [1.165, 1.54) is 30.5 Å². The number of ether oxygens (including phenoxy) is 1. The van der Waals surface area contributed by atoms with Gasteiger partial charge in [0.2, 0.25) is 0 Å². The molecule has 0 bridgehead atoms. The topological polar surface area (TPSA) is 24.5 Å². The first-order valence-electron chi connectivity index (χ1n) is 7.24. The summed E-state index contributed by atoms with van der Waals surface area (Å²) in [5, 5.41) is 3.55. The molecule has 1 heterocycles. The van der Waals surface area contributed by atoms with E-state index in [1.54, 1.807) is 7.11 Å². The van der Waals surface area contributed by atoms with Crippen LogP contribution >= 0.6 is 0 Å². The summed E-state index contributed by atoms with van der Waals surface area (Å²) in [6.45, 7) is 5.55. The van der Waals surface area contributed by atoms with E-state index in [0.29, 0.717) is 6.04 Å². The molecule has 1 N–H and O–H groups in total. The van der Waals surface area contributed by atoms with Gasteiger partial charge in [-0.2, -0.15) is 0 Å². The molecule has 106 valence electrons. The third-order valence-corrected chi connectivity index (χ3v) is 3.89. The van der Waals surface area contributed by atoms with Crippen molar-refractivity contribution in [1.29, 1.82) is 0 Å². The number of hydrogen-bond acceptors (Lipinski definition) is 3. The highest BCUT2D eigenvalue weighted by Crippen LogP contribution is 2.20. The van der Waals surface area contributed by atoms with Gasteiger partial charge < -0.3 is 15.0 Å². The van der Waals surface area contributed by atoms with Crippen molar-refractivity contribution in [2.45, 2.75) is 32.2 Å². The second-order valence-electron chi connectivity index (χ2n) is 5.62. The Kier molecular flexibility index (Phi) is 5.23. The number of aryl methyl sites for hydroxylation is 1. The molecule has 0 amide bonds. The smallest absolute Gasteiger partial charge is 0.122 e. The molecular weight excluding hydrogens is 236 g/mol. The average Bonchev–Trinajstić information content (AvgIpc) is 2.89. The van der Waals surface area contributed by atoms with Gasteiger partial charge in [0.1, 0.15) is 5.75 Å². The van der Waals surface area contributed by atoms with Gasteiger partial charge in [0.15, 0.2) is 0 Å². The third-order valence-electron chi connectivity index (χ3n) is 3.89. The first kappa shape index (κ1) is 14.4. The van der Waals surface area contributed by atoms with Crippen LogP contribution in [0.15, 0.2) is 18.2 Å². The second-order valence-corrected chi connectivity index (χ2v) is 5.62. The largest absolute Gasteiger partial charge is 0.496 e. The lowest BCUT2D eigenvalue weighted by atomic mass is 10.1. The lowest BCUT2D eigenvalue weighted by Gasteiger charge is -2.21. The van der Waals surface area contributed by atoms with Crippen LogP contribution in [0, 0.1) is 6.92 Å². The van der Waals surface area contributed by atoms with Gasteiger partial charge in [0.25, 0.3) is 0 Å². The van der Waals surface area contributed by atoms with Gasteiger partial charge in [-0.15, -0.1) is 0 Å². The molecule has 1 saturated heterocycles. The summed E-state index contributed by atoms with van der Waals surface area (Å²) in [7, 11) is 3.96. The van der Waals surface area contributed by atoms with Crippen molar-refractivity contribution < 1.29 is 4.74 Å². The highest BCUT2D eigenvalue weighted by molar-refractivity contribution is 5.37. The van der Waals surface area contributed by atoms with E-state index in [1.807, 2.05) is 0 Å². The molecule has 19 heavy (non-hydrogen) atoms. The van der Waals surface area contributed by atoms with Gasteiger partial charge >= 0.3 is 0 Å². The maximum absolute atomic E-state index is 5.44. The van der Waals surface area contributed by atoms with Gasteiger partial charge in [0.05, 0.1) is 7.11 Å². The number of benzene rings is 1. The molecule has 1 aromatic rings. The Morgan fingerprint density at radius 2 is 2.26 bits per heavy atom. The number of methoxy groups -OCH3 is 1. The van der Waals surface area contributed by atoms with Gasteiger partial charge in [-0.3, -0.25) is 0 Å². The van der Waals surface area contributed by atoms with Crippen molar-refractivity contribution in [3.63, 3.8) is 0 Å². The summed E-state index contributed by atoms with van der Waals surface area (Å²) in [6, 6.07) is 7.10. The molecule has 0 radical (unpaired) electrons. The Morgan fingerprint density at radius 3 is 2.95 bits per heavy atom. The van der Waals surface area contributed by atoms with Gasteiger partial charge in [-0.1, -0.05) is 17.7 Å². The molecule has 1 aromatic carbocycles. The Bertz CT molecular complexity index is 400. The molecule has 2 rings (SSSR count). The lowest BCUT2D eigenvalue weighted by molar-refractivity contribution is 0.302. The van der Waals surface area contributed by atoms with Crippen molar-refractivity contribution in [1.82, 2.24) is 10.2 Å². The Morgan fingerprint density at radius 1 is 1.42 bits per heavy atom. The second kappa shape index (κ2) is 6.92. The van der Waals surface area contributed by atoms with E-state index in [9.17, 15) is 0 Å². The zero-order valence-corrected chi connectivity index (χ0v) is 12.4. The van der Waals surface area contributed by atoms with Crippen LogP contribution in [0.25, 0.3) is 0 Å². The Balaban J connectivity index is 1.85. The number of hydrogen-bond donors (Lipinski definition) is 1. The van der Waals surface area contributed by atoms with Crippen LogP contribution in [-0.2, 0) is 6.42 Å². The first-order valence-corrected chi connectivity index (χ1v) is 7.24. The van der Waals surface area contributed by atoms with Crippen molar-refractivity contribution in [3.05, 3.63) is 29.3 Å². The summed E-state index contributed by atoms with van der Waals surface area (Å²) >= 11 is 0. The molecule has 1 unspecified atom stereocenters. The van der Waals surface area contributed by atoms with E-state index in [-0.39, 0.29) is 0 Å². The fourth-order valence-electron chi connectivity index (χ4n) is 2.79. The highest BCUT2D eigenvalue weighted by Gasteiger charge is 2.15. The molecule has 0 aromatic heterocycles. The molecule has 1 fully saturated rings. The van der Waals surface area contributed by atoms with Gasteiger partial charge in [-0.25, -0.2) is 0 Å². The fourth-order valence-corrected chi connectivity index (χ4v) is 2.79. The zero-order valence-electron chi connectivity index (χ0n) is 12.4. The van der Waals surface area contributed by atoms with Crippen LogP contribution in [0.3, 0.4) is 0 Å². The average molecular weight is 262 g/mol. The highest BCUT2D eigenvalue weighted by atomic mass is 16.5. The van der Waals surface area contributed by atoms with Crippen molar-refractivity contribution in [3.8, 4) is 5.75 Å². The maximum Gasteiger partial charge on any atom is 0.122 e. The summed E-state index contributed by atoms with van der Waals surface area (Å²) in [5.41, 5.74) is 2.62. The third kappa shape index (κ3) is 4.22. The van der Waals surface area contributed by atoms with Crippen molar-refractivity contribution >= 4 is 0 Å². The Labute approximate surface area is 116 Å². The van der Waals surface area contributed by atoms with Crippen LogP contribution < -0.4 is 10.1 Å². The van der Waals surface area contributed by atoms with Crippen LogP contribution in [0.5, 0.6) is 5.75 Å². The molecule has 0 spiro atoms. The van der Waals surface area contributed by atoms with E-state index in [4.69, 9.17) is 4.74 Å². The molecule has 1 aliphatic heterocycles. The van der Waals surface area contributed by atoms with Crippen molar-refractivity contribution in [2.24, 2.45) is 0 Å². The predicted octanol–water partition coefficient (Wildman–Crippen LogP) is 2.23. The predicted molar refractivity (Wildman–Crippen MR) is 80.0 cm³/mol. The van der Waals surface area contributed by atoms with Crippen LogP contribution in [0.1, 0.15) is 24.0 Å². The summed E-state index contributed by atoms with van der Waals surface area (Å²) < 4.78 is 5.44.